The summed E-state index contributed by atoms with van der Waals surface area (Å²) in [6.45, 7) is 0.206. The van der Waals surface area contributed by atoms with E-state index in [9.17, 15) is 18.4 Å². The van der Waals surface area contributed by atoms with E-state index in [0.717, 1.165) is 6.07 Å². The molecule has 1 aliphatic rings. The van der Waals surface area contributed by atoms with Gasteiger partial charge in [-0.2, -0.15) is 0 Å². The predicted octanol–water partition coefficient (Wildman–Crippen LogP) is 1.23. The molecule has 1 unspecified atom stereocenters. The Labute approximate surface area is 137 Å². The van der Waals surface area contributed by atoms with Crippen molar-refractivity contribution in [2.24, 2.45) is 0 Å². The first-order chi connectivity index (χ1) is 11.4. The summed E-state index contributed by atoms with van der Waals surface area (Å²) in [5, 5.41) is 11.5. The lowest BCUT2D eigenvalue weighted by atomic mass is 9.73. The van der Waals surface area contributed by atoms with Crippen LogP contribution in [0.1, 0.15) is 18.4 Å². The van der Waals surface area contributed by atoms with Crippen molar-refractivity contribution in [3.63, 3.8) is 0 Å². The number of nitrogens with one attached hydrogen (secondary N) is 1. The van der Waals surface area contributed by atoms with Crippen LogP contribution in [0.5, 0.6) is 0 Å². The summed E-state index contributed by atoms with van der Waals surface area (Å²) < 4.78 is 37.5. The van der Waals surface area contributed by atoms with Gasteiger partial charge in [-0.3, -0.25) is 4.79 Å². The van der Waals surface area contributed by atoms with Crippen LogP contribution in [0.3, 0.4) is 0 Å². The Balaban J connectivity index is 2.36. The van der Waals surface area contributed by atoms with Gasteiger partial charge in [0.15, 0.2) is 6.04 Å². The number of carboxylic acid groups (broad SMARTS) is 1. The van der Waals surface area contributed by atoms with Gasteiger partial charge in [-0.25, -0.2) is 13.6 Å². The van der Waals surface area contributed by atoms with Crippen LogP contribution < -0.4 is 5.32 Å². The monoisotopic (exact) mass is 343 g/mol. The minimum absolute atomic E-state index is 0.0336. The van der Waals surface area contributed by atoms with Crippen LogP contribution in [0.25, 0.3) is 0 Å². The summed E-state index contributed by atoms with van der Waals surface area (Å²) in [5.41, 5.74) is -1.27. The highest BCUT2D eigenvalue weighted by Crippen LogP contribution is 2.37. The average Bonchev–Trinajstić information content (AvgIpc) is 2.54. The maximum Gasteiger partial charge on any atom is 0.328 e. The molecule has 0 spiro atoms. The van der Waals surface area contributed by atoms with Gasteiger partial charge >= 0.3 is 5.97 Å². The molecule has 1 aliphatic heterocycles. The van der Waals surface area contributed by atoms with Crippen molar-refractivity contribution in [3.8, 4) is 0 Å². The van der Waals surface area contributed by atoms with E-state index in [0.29, 0.717) is 6.07 Å². The average molecular weight is 343 g/mol. The summed E-state index contributed by atoms with van der Waals surface area (Å²) in [4.78, 5) is 24.0. The number of halogens is 2. The highest BCUT2D eigenvalue weighted by molar-refractivity contribution is 5.91. The fourth-order valence-corrected chi connectivity index (χ4v) is 2.85. The smallest absolute Gasteiger partial charge is 0.328 e. The van der Waals surface area contributed by atoms with Crippen LogP contribution in [0.2, 0.25) is 0 Å². The van der Waals surface area contributed by atoms with E-state index in [4.69, 9.17) is 14.6 Å². The van der Waals surface area contributed by atoms with Gasteiger partial charge in [0.25, 0.3) is 0 Å². The van der Waals surface area contributed by atoms with E-state index in [-0.39, 0.29) is 38.2 Å². The van der Waals surface area contributed by atoms with Crippen LogP contribution >= 0.6 is 0 Å². The van der Waals surface area contributed by atoms with Crippen molar-refractivity contribution in [3.05, 3.63) is 35.4 Å². The molecule has 1 aromatic carbocycles. The Morgan fingerprint density at radius 3 is 2.58 bits per heavy atom. The molecule has 6 nitrogen and oxygen atoms in total. The number of carbonyl (C=O) groups is 2. The Bertz CT molecular complexity index is 616. The molecule has 0 aromatic heterocycles. The number of hydrogen-bond acceptors (Lipinski definition) is 4. The van der Waals surface area contributed by atoms with Gasteiger partial charge < -0.3 is 19.9 Å². The van der Waals surface area contributed by atoms with Crippen LogP contribution in [-0.4, -0.2) is 50.0 Å². The number of amides is 1. The van der Waals surface area contributed by atoms with E-state index < -0.39 is 35.0 Å². The maximum absolute atomic E-state index is 14.3. The molecule has 1 saturated heterocycles. The zero-order valence-corrected chi connectivity index (χ0v) is 13.2. The third-order valence-corrected chi connectivity index (χ3v) is 4.16. The molecule has 1 fully saturated rings. The molecule has 0 saturated carbocycles. The van der Waals surface area contributed by atoms with Crippen molar-refractivity contribution in [1.82, 2.24) is 5.32 Å². The lowest BCUT2D eigenvalue weighted by Gasteiger charge is -2.37. The minimum Gasteiger partial charge on any atom is -0.480 e. The van der Waals surface area contributed by atoms with Crippen molar-refractivity contribution < 1.29 is 33.0 Å². The Kier molecular flexibility index (Phi) is 5.84. The molecule has 0 radical (unpaired) electrons. The van der Waals surface area contributed by atoms with Crippen LogP contribution in [-0.2, 0) is 24.5 Å². The second kappa shape index (κ2) is 7.67. The van der Waals surface area contributed by atoms with Crippen LogP contribution in [0, 0.1) is 11.6 Å². The van der Waals surface area contributed by atoms with Gasteiger partial charge in [-0.05, 0) is 18.9 Å². The summed E-state index contributed by atoms with van der Waals surface area (Å²) in [6, 6.07) is 1.75. The Hall–Kier alpha value is -2.06. The molecule has 1 atom stereocenters. The highest BCUT2D eigenvalue weighted by Gasteiger charge is 2.44. The van der Waals surface area contributed by atoms with Crippen molar-refractivity contribution in [2.45, 2.75) is 24.3 Å². The molecule has 2 rings (SSSR count). The SMILES string of the molecule is COCC(NC(=O)C1(c2ccc(F)cc2F)CCOCC1)C(=O)O. The summed E-state index contributed by atoms with van der Waals surface area (Å²) >= 11 is 0. The van der Waals surface area contributed by atoms with Crippen molar-refractivity contribution in [2.75, 3.05) is 26.9 Å². The number of carbonyl (C=O) groups excluding carboxylic acids is 1. The fraction of sp³-hybridized carbons (Fsp3) is 0.500. The molecule has 0 bridgehead atoms. The van der Waals surface area contributed by atoms with Gasteiger partial charge in [-0.1, -0.05) is 6.07 Å². The molecule has 0 aliphatic carbocycles. The third kappa shape index (κ3) is 3.70. The fourth-order valence-electron chi connectivity index (χ4n) is 2.85. The van der Waals surface area contributed by atoms with Gasteiger partial charge in [0, 0.05) is 32.0 Å². The van der Waals surface area contributed by atoms with E-state index in [1.807, 2.05) is 0 Å². The topological polar surface area (TPSA) is 84.9 Å². The summed E-state index contributed by atoms with van der Waals surface area (Å²) in [6.07, 6.45) is 0.335. The Morgan fingerprint density at radius 2 is 2.04 bits per heavy atom. The molecule has 1 heterocycles. The summed E-state index contributed by atoms with van der Waals surface area (Å²) in [7, 11) is 1.31. The second-order valence-electron chi connectivity index (χ2n) is 5.64. The van der Waals surface area contributed by atoms with Gasteiger partial charge in [-0.15, -0.1) is 0 Å². The molecule has 24 heavy (non-hydrogen) atoms. The zero-order valence-electron chi connectivity index (χ0n) is 13.2. The van der Waals surface area contributed by atoms with Crippen molar-refractivity contribution >= 4 is 11.9 Å². The minimum atomic E-state index is -1.31. The Morgan fingerprint density at radius 1 is 1.38 bits per heavy atom. The quantitative estimate of drug-likeness (QED) is 0.812. The molecule has 1 aromatic rings. The molecule has 1 amide bonds. The maximum atomic E-state index is 14.3. The number of aliphatic carboxylic acids is 1. The first kappa shape index (κ1) is 18.3. The largest absolute Gasteiger partial charge is 0.480 e. The highest BCUT2D eigenvalue weighted by atomic mass is 19.1. The molecule has 8 heteroatoms. The predicted molar refractivity (Wildman–Crippen MR) is 79.5 cm³/mol. The second-order valence-corrected chi connectivity index (χ2v) is 5.64. The van der Waals surface area contributed by atoms with Gasteiger partial charge in [0.1, 0.15) is 11.6 Å². The third-order valence-electron chi connectivity index (χ3n) is 4.16. The van der Waals surface area contributed by atoms with E-state index >= 15 is 0 Å². The van der Waals surface area contributed by atoms with Gasteiger partial charge in [0.2, 0.25) is 5.91 Å². The number of rotatable bonds is 6. The number of methoxy groups -OCH3 is 1. The molecule has 2 N–H and O–H groups in total. The summed E-state index contributed by atoms with van der Waals surface area (Å²) in [5.74, 6) is -3.49. The molecule has 132 valence electrons. The molecular weight excluding hydrogens is 324 g/mol. The number of ether oxygens (including phenoxy) is 2. The first-order valence-electron chi connectivity index (χ1n) is 7.46. The van der Waals surface area contributed by atoms with Crippen molar-refractivity contribution in [1.29, 1.82) is 0 Å². The standard InChI is InChI=1S/C16H19F2NO5/c1-23-9-13(14(20)21)19-15(22)16(4-6-24-7-5-16)11-3-2-10(17)8-12(11)18/h2-3,8,13H,4-7,9H2,1H3,(H,19,22)(H,20,21). The number of benzene rings is 1. The van der Waals surface area contributed by atoms with Crippen LogP contribution in [0.4, 0.5) is 8.78 Å². The number of hydrogen-bond donors (Lipinski definition) is 2. The normalized spacial score (nSPS) is 18.0. The van der Waals surface area contributed by atoms with E-state index in [1.165, 1.54) is 13.2 Å². The van der Waals surface area contributed by atoms with Gasteiger partial charge in [0.05, 0.1) is 12.0 Å². The lowest BCUT2D eigenvalue weighted by Crippen LogP contribution is -2.54. The van der Waals surface area contributed by atoms with E-state index in [2.05, 4.69) is 5.32 Å². The van der Waals surface area contributed by atoms with E-state index in [1.54, 1.807) is 0 Å². The first-order valence-corrected chi connectivity index (χ1v) is 7.46. The lowest BCUT2D eigenvalue weighted by molar-refractivity contribution is -0.145. The van der Waals surface area contributed by atoms with Crippen LogP contribution in [0.15, 0.2) is 18.2 Å². The molecular formula is C16H19F2NO5. The zero-order chi connectivity index (χ0) is 17.7. The number of carboxylic acids is 1.